The van der Waals surface area contributed by atoms with Gasteiger partial charge in [-0.15, -0.1) is 0 Å². The van der Waals surface area contributed by atoms with Crippen molar-refractivity contribution < 1.29 is 23.5 Å². The lowest BCUT2D eigenvalue weighted by Crippen LogP contribution is -2.79. The summed E-state index contributed by atoms with van der Waals surface area (Å²) in [5.41, 5.74) is 3.58. The fourth-order valence-electron chi connectivity index (χ4n) is 5.13. The Kier molecular flexibility index (Phi) is 5.27. The van der Waals surface area contributed by atoms with Gasteiger partial charge in [-0.1, -0.05) is 30.3 Å². The van der Waals surface area contributed by atoms with Gasteiger partial charge in [-0.3, -0.25) is 0 Å². The van der Waals surface area contributed by atoms with Crippen LogP contribution in [0.25, 0.3) is 0 Å². The van der Waals surface area contributed by atoms with Crippen LogP contribution in [0, 0.1) is 0 Å². The van der Waals surface area contributed by atoms with Crippen molar-refractivity contribution in [1.82, 2.24) is 0 Å². The summed E-state index contributed by atoms with van der Waals surface area (Å²) in [7, 11) is 0. The summed E-state index contributed by atoms with van der Waals surface area (Å²) in [5, 5.41) is 0. The lowest BCUT2D eigenvalue weighted by Gasteiger charge is -2.57. The fraction of sp³-hybridized carbons (Fsp3) is 0.522. The number of ether oxygens (including phenoxy) is 4. The van der Waals surface area contributed by atoms with E-state index in [2.05, 4.69) is 53.2 Å². The minimum absolute atomic E-state index is 0.159. The second-order valence-electron chi connectivity index (χ2n) is 7.06. The summed E-state index contributed by atoms with van der Waals surface area (Å²) < 4.78 is 28.2. The van der Waals surface area contributed by atoms with Gasteiger partial charge >= 0.3 is 0 Å². The second-order valence-corrected chi connectivity index (χ2v) is 7.06. The smallest absolute Gasteiger partial charge is 0.294 e. The Hall–Kier alpha value is -1.79. The summed E-state index contributed by atoms with van der Waals surface area (Å²) in [6.07, 6.45) is 2.11. The van der Waals surface area contributed by atoms with Crippen molar-refractivity contribution in [2.75, 3.05) is 26.4 Å². The zero-order chi connectivity index (χ0) is 19.8. The Balaban J connectivity index is 2.10. The molecule has 1 aromatic carbocycles. The summed E-state index contributed by atoms with van der Waals surface area (Å²) in [5.74, 6) is -2.31. The van der Waals surface area contributed by atoms with Crippen LogP contribution < -0.4 is 4.57 Å². The molecule has 150 valence electrons. The average Bonchev–Trinajstić information content (AvgIpc) is 2.71. The van der Waals surface area contributed by atoms with Gasteiger partial charge < -0.3 is 18.9 Å². The molecule has 2 atom stereocenters. The normalized spacial score (nSPS) is 23.3. The monoisotopic (exact) mass is 384 g/mol. The lowest BCUT2D eigenvalue weighted by atomic mass is 9.66. The molecule has 2 aromatic rings. The zero-order valence-corrected chi connectivity index (χ0v) is 17.2. The molecule has 5 heteroatoms. The molecule has 0 saturated heterocycles. The molecule has 3 aliphatic rings. The molecular weight excluding hydrogens is 354 g/mol. The van der Waals surface area contributed by atoms with Crippen LogP contribution in [0.4, 0.5) is 0 Å². The largest absolute Gasteiger partial charge is 0.344 e. The van der Waals surface area contributed by atoms with Gasteiger partial charge in [0.2, 0.25) is 11.8 Å². The third-order valence-corrected chi connectivity index (χ3v) is 5.76. The molecule has 5 nitrogen and oxygen atoms in total. The summed E-state index contributed by atoms with van der Waals surface area (Å²) in [6.45, 7) is 9.97. The highest BCUT2D eigenvalue weighted by Gasteiger charge is 2.77. The molecule has 0 saturated carbocycles. The highest BCUT2D eigenvalue weighted by Crippen LogP contribution is 2.59. The minimum Gasteiger partial charge on any atom is -0.344 e. The summed E-state index contributed by atoms with van der Waals surface area (Å²) in [6, 6.07) is 14.6. The van der Waals surface area contributed by atoms with E-state index in [9.17, 15) is 0 Å². The Morgan fingerprint density at radius 1 is 0.714 bits per heavy atom. The first-order chi connectivity index (χ1) is 13.7. The van der Waals surface area contributed by atoms with Gasteiger partial charge in [-0.2, -0.15) is 4.57 Å². The van der Waals surface area contributed by atoms with Crippen LogP contribution in [0.15, 0.2) is 48.7 Å². The van der Waals surface area contributed by atoms with E-state index in [1.165, 1.54) is 11.1 Å². The van der Waals surface area contributed by atoms with E-state index in [-0.39, 0.29) is 12.0 Å². The standard InChI is InChI=1S/C23H30NO4/c1-5-25-22(26-6-2)20-17-13-9-10-14-18(17)21(23(22,27-7-3)28-8-4)24-16-12-11-15-19(20)24/h9-16,20-21H,5-8H2,1-4H3/q+1/t20-,21-/m0/s1. The molecule has 0 radical (unpaired) electrons. The van der Waals surface area contributed by atoms with Crippen molar-refractivity contribution in [1.29, 1.82) is 0 Å². The number of benzene rings is 1. The Labute approximate surface area is 167 Å². The van der Waals surface area contributed by atoms with E-state index in [1.807, 2.05) is 27.7 Å². The van der Waals surface area contributed by atoms with Gasteiger partial charge in [0.15, 0.2) is 11.9 Å². The van der Waals surface area contributed by atoms with Crippen LogP contribution in [0.1, 0.15) is 56.5 Å². The SMILES string of the molecule is CCOC1(OCC)[C@H]2c3ccccc3[C@H]([n+]3ccccc32)C1(OCC)OCC. The fourth-order valence-corrected chi connectivity index (χ4v) is 5.13. The zero-order valence-electron chi connectivity index (χ0n) is 17.2. The lowest BCUT2D eigenvalue weighted by molar-refractivity contribution is -0.771. The highest BCUT2D eigenvalue weighted by molar-refractivity contribution is 5.46. The summed E-state index contributed by atoms with van der Waals surface area (Å²) >= 11 is 0. The first kappa shape index (κ1) is 19.5. The van der Waals surface area contributed by atoms with E-state index in [4.69, 9.17) is 18.9 Å². The number of aromatic nitrogens is 1. The van der Waals surface area contributed by atoms with Crippen LogP contribution in [0.2, 0.25) is 0 Å². The van der Waals surface area contributed by atoms with Crippen LogP contribution in [0.5, 0.6) is 0 Å². The Morgan fingerprint density at radius 3 is 1.86 bits per heavy atom. The van der Waals surface area contributed by atoms with Crippen molar-refractivity contribution in [2.24, 2.45) is 0 Å². The third kappa shape index (κ3) is 2.43. The maximum atomic E-state index is 6.49. The van der Waals surface area contributed by atoms with Crippen LogP contribution >= 0.6 is 0 Å². The molecule has 2 aliphatic heterocycles. The third-order valence-electron chi connectivity index (χ3n) is 5.76. The molecule has 0 amide bonds. The maximum Gasteiger partial charge on any atom is 0.294 e. The predicted molar refractivity (Wildman–Crippen MR) is 105 cm³/mol. The van der Waals surface area contributed by atoms with Crippen molar-refractivity contribution in [3.8, 4) is 0 Å². The van der Waals surface area contributed by atoms with E-state index >= 15 is 0 Å². The van der Waals surface area contributed by atoms with Crippen molar-refractivity contribution >= 4 is 0 Å². The first-order valence-electron chi connectivity index (χ1n) is 10.3. The van der Waals surface area contributed by atoms with E-state index in [0.29, 0.717) is 26.4 Å². The molecule has 0 spiro atoms. The number of fused-ring (bicyclic) bond motifs is 1. The van der Waals surface area contributed by atoms with Gasteiger partial charge in [-0.25, -0.2) is 0 Å². The van der Waals surface area contributed by atoms with E-state index in [0.717, 1.165) is 5.69 Å². The van der Waals surface area contributed by atoms with Gasteiger partial charge in [0.25, 0.3) is 5.79 Å². The van der Waals surface area contributed by atoms with Gasteiger partial charge in [-0.05, 0) is 33.3 Å². The van der Waals surface area contributed by atoms with Gasteiger partial charge in [0.1, 0.15) is 5.92 Å². The number of pyridine rings is 1. The maximum absolute atomic E-state index is 6.49. The predicted octanol–water partition coefficient (Wildman–Crippen LogP) is 3.56. The molecule has 1 aromatic heterocycles. The van der Waals surface area contributed by atoms with Crippen LogP contribution in [-0.2, 0) is 18.9 Å². The first-order valence-corrected chi connectivity index (χ1v) is 10.3. The number of hydrogen-bond donors (Lipinski definition) is 0. The van der Waals surface area contributed by atoms with E-state index < -0.39 is 11.6 Å². The van der Waals surface area contributed by atoms with Crippen LogP contribution in [0.3, 0.4) is 0 Å². The molecule has 0 unspecified atom stereocenters. The molecule has 0 N–H and O–H groups in total. The Bertz CT molecular complexity index is 709. The Morgan fingerprint density at radius 2 is 1.25 bits per heavy atom. The molecule has 2 bridgehead atoms. The highest BCUT2D eigenvalue weighted by atomic mass is 16.8. The van der Waals surface area contributed by atoms with Gasteiger partial charge in [0, 0.05) is 44.1 Å². The summed E-state index contributed by atoms with van der Waals surface area (Å²) in [4.78, 5) is 0. The topological polar surface area (TPSA) is 40.8 Å². The minimum atomic E-state index is -1.08. The number of rotatable bonds is 8. The van der Waals surface area contributed by atoms with Gasteiger partial charge in [0.05, 0.1) is 0 Å². The van der Waals surface area contributed by atoms with Crippen molar-refractivity contribution in [2.45, 2.75) is 51.2 Å². The molecule has 3 heterocycles. The molecule has 1 aliphatic carbocycles. The average molecular weight is 384 g/mol. The van der Waals surface area contributed by atoms with Crippen LogP contribution in [-0.4, -0.2) is 38.0 Å². The van der Waals surface area contributed by atoms with Crippen molar-refractivity contribution in [3.63, 3.8) is 0 Å². The second kappa shape index (κ2) is 7.56. The molecule has 0 fully saturated rings. The molecule has 28 heavy (non-hydrogen) atoms. The number of nitrogens with zero attached hydrogens (tertiary/aromatic N) is 1. The van der Waals surface area contributed by atoms with E-state index in [1.54, 1.807) is 0 Å². The molecule has 5 rings (SSSR count). The number of hydrogen-bond acceptors (Lipinski definition) is 4. The van der Waals surface area contributed by atoms with Crippen molar-refractivity contribution in [3.05, 3.63) is 65.5 Å². The molecular formula is C23H30NO4+. The quantitative estimate of drug-likeness (QED) is 0.515.